The van der Waals surface area contributed by atoms with E-state index >= 15 is 0 Å². The minimum atomic E-state index is -2.56. The van der Waals surface area contributed by atoms with Crippen LogP contribution in [0.15, 0.2) is 6.20 Å². The molecule has 1 aromatic heterocycles. The number of rotatable bonds is 3. The van der Waals surface area contributed by atoms with Crippen LogP contribution in [-0.4, -0.2) is 20.5 Å². The summed E-state index contributed by atoms with van der Waals surface area (Å²) in [6, 6.07) is 0. The summed E-state index contributed by atoms with van der Waals surface area (Å²) in [5.41, 5.74) is -0.712. The standard InChI is InChI=1S/C9H14F2N2O.C2H6/c1-6-4-13(5-9(2,3)14)12-7(6)8(10)11;1-2/h4,8,14H,5H2,1-3H3;1-2H3. The lowest BCUT2D eigenvalue weighted by Crippen LogP contribution is -2.26. The Labute approximate surface area is 95.1 Å². The topological polar surface area (TPSA) is 38.0 Å². The number of aliphatic hydroxyl groups is 1. The third kappa shape index (κ3) is 4.70. The van der Waals surface area contributed by atoms with Gasteiger partial charge >= 0.3 is 0 Å². The summed E-state index contributed by atoms with van der Waals surface area (Å²) >= 11 is 0. The number of nitrogens with zero attached hydrogens (tertiary/aromatic N) is 2. The average molecular weight is 234 g/mol. The highest BCUT2D eigenvalue weighted by atomic mass is 19.3. The van der Waals surface area contributed by atoms with Crippen molar-refractivity contribution in [1.82, 2.24) is 9.78 Å². The molecule has 0 atom stereocenters. The average Bonchev–Trinajstić information content (AvgIpc) is 2.47. The zero-order valence-electron chi connectivity index (χ0n) is 10.5. The van der Waals surface area contributed by atoms with Crippen molar-refractivity contribution in [3.8, 4) is 0 Å². The fourth-order valence-electron chi connectivity index (χ4n) is 1.23. The van der Waals surface area contributed by atoms with Crippen LogP contribution in [0.25, 0.3) is 0 Å². The van der Waals surface area contributed by atoms with Crippen LogP contribution >= 0.6 is 0 Å². The molecule has 1 aromatic rings. The number of aromatic nitrogens is 2. The molecule has 0 aliphatic heterocycles. The molecule has 0 saturated heterocycles. The predicted octanol–water partition coefficient (Wildman–Crippen LogP) is 2.93. The van der Waals surface area contributed by atoms with E-state index < -0.39 is 12.0 Å². The zero-order chi connectivity index (χ0) is 12.9. The van der Waals surface area contributed by atoms with Gasteiger partial charge in [-0.05, 0) is 26.3 Å². The fraction of sp³-hybridized carbons (Fsp3) is 0.727. The second-order valence-electron chi connectivity index (χ2n) is 4.01. The Kier molecular flexibility index (Phi) is 5.58. The summed E-state index contributed by atoms with van der Waals surface area (Å²) in [6.45, 7) is 8.99. The van der Waals surface area contributed by atoms with Crippen molar-refractivity contribution in [3.63, 3.8) is 0 Å². The molecule has 94 valence electrons. The Hall–Kier alpha value is -0.970. The third-order valence-corrected chi connectivity index (χ3v) is 1.74. The van der Waals surface area contributed by atoms with Crippen LogP contribution in [0.5, 0.6) is 0 Å². The van der Waals surface area contributed by atoms with Gasteiger partial charge in [-0.3, -0.25) is 4.68 Å². The molecule has 3 nitrogen and oxygen atoms in total. The number of halogens is 2. The van der Waals surface area contributed by atoms with E-state index in [0.29, 0.717) is 5.56 Å². The second kappa shape index (κ2) is 5.94. The molecule has 16 heavy (non-hydrogen) atoms. The molecule has 0 aliphatic carbocycles. The van der Waals surface area contributed by atoms with Crippen LogP contribution in [0.3, 0.4) is 0 Å². The highest BCUT2D eigenvalue weighted by Crippen LogP contribution is 2.20. The normalized spacial score (nSPS) is 11.3. The van der Waals surface area contributed by atoms with Crippen LogP contribution in [0.2, 0.25) is 0 Å². The van der Waals surface area contributed by atoms with E-state index in [-0.39, 0.29) is 12.2 Å². The predicted molar refractivity (Wildman–Crippen MR) is 59.6 cm³/mol. The molecule has 5 heteroatoms. The maximum Gasteiger partial charge on any atom is 0.282 e. The van der Waals surface area contributed by atoms with Gasteiger partial charge in [0.15, 0.2) is 0 Å². The number of hydrogen-bond acceptors (Lipinski definition) is 2. The first-order valence-corrected chi connectivity index (χ1v) is 5.34. The van der Waals surface area contributed by atoms with Crippen molar-refractivity contribution in [2.24, 2.45) is 0 Å². The van der Waals surface area contributed by atoms with Crippen LogP contribution in [0.4, 0.5) is 8.78 Å². The van der Waals surface area contributed by atoms with Crippen molar-refractivity contribution in [2.45, 2.75) is 53.2 Å². The minimum Gasteiger partial charge on any atom is -0.389 e. The van der Waals surface area contributed by atoms with Gasteiger partial charge in [0.2, 0.25) is 0 Å². The van der Waals surface area contributed by atoms with Gasteiger partial charge in [-0.25, -0.2) is 8.78 Å². The maximum atomic E-state index is 12.3. The Morgan fingerprint density at radius 2 is 1.94 bits per heavy atom. The summed E-state index contributed by atoms with van der Waals surface area (Å²) in [5.74, 6) is 0. The molecule has 0 saturated carbocycles. The summed E-state index contributed by atoms with van der Waals surface area (Å²) in [4.78, 5) is 0. The molecule has 0 amide bonds. The molecular formula is C11H20F2N2O. The largest absolute Gasteiger partial charge is 0.389 e. The van der Waals surface area contributed by atoms with Gasteiger partial charge in [-0.1, -0.05) is 13.8 Å². The third-order valence-electron chi connectivity index (χ3n) is 1.74. The smallest absolute Gasteiger partial charge is 0.282 e. The number of hydrogen-bond donors (Lipinski definition) is 1. The lowest BCUT2D eigenvalue weighted by atomic mass is 10.1. The van der Waals surface area contributed by atoms with E-state index in [4.69, 9.17) is 0 Å². The van der Waals surface area contributed by atoms with Crippen molar-refractivity contribution in [1.29, 1.82) is 0 Å². The monoisotopic (exact) mass is 234 g/mol. The molecule has 0 fully saturated rings. The van der Waals surface area contributed by atoms with Gasteiger partial charge < -0.3 is 5.11 Å². The first kappa shape index (κ1) is 15.0. The van der Waals surface area contributed by atoms with Crippen LogP contribution < -0.4 is 0 Å². The molecule has 0 radical (unpaired) electrons. The van der Waals surface area contributed by atoms with Gasteiger partial charge in [0.1, 0.15) is 5.69 Å². The molecule has 0 aliphatic rings. The Morgan fingerprint density at radius 3 is 2.25 bits per heavy atom. The summed E-state index contributed by atoms with van der Waals surface area (Å²) in [6.07, 6.45) is -1.04. The molecular weight excluding hydrogens is 214 g/mol. The van der Waals surface area contributed by atoms with Crippen molar-refractivity contribution < 1.29 is 13.9 Å². The highest BCUT2D eigenvalue weighted by Gasteiger charge is 2.19. The SMILES string of the molecule is CC.Cc1cn(CC(C)(C)O)nc1C(F)F. The van der Waals surface area contributed by atoms with E-state index in [1.807, 2.05) is 13.8 Å². The molecule has 0 bridgehead atoms. The van der Waals surface area contributed by atoms with Gasteiger partial charge in [0.25, 0.3) is 6.43 Å². The first-order valence-electron chi connectivity index (χ1n) is 5.34. The fourth-order valence-corrected chi connectivity index (χ4v) is 1.23. The molecule has 0 aromatic carbocycles. The van der Waals surface area contributed by atoms with E-state index in [9.17, 15) is 13.9 Å². The number of alkyl halides is 2. The maximum absolute atomic E-state index is 12.3. The summed E-state index contributed by atoms with van der Waals surface area (Å²) < 4.78 is 26.0. The van der Waals surface area contributed by atoms with E-state index in [1.165, 1.54) is 10.9 Å². The summed E-state index contributed by atoms with van der Waals surface area (Å²) in [7, 11) is 0. The molecule has 0 unspecified atom stereocenters. The second-order valence-corrected chi connectivity index (χ2v) is 4.01. The molecule has 1 N–H and O–H groups in total. The minimum absolute atomic E-state index is 0.209. The summed E-state index contributed by atoms with van der Waals surface area (Å²) in [5, 5.41) is 13.2. The van der Waals surface area contributed by atoms with E-state index in [0.717, 1.165) is 0 Å². The van der Waals surface area contributed by atoms with Gasteiger partial charge in [0.05, 0.1) is 12.1 Å². The highest BCUT2D eigenvalue weighted by molar-refractivity contribution is 5.15. The van der Waals surface area contributed by atoms with Crippen molar-refractivity contribution >= 4 is 0 Å². The van der Waals surface area contributed by atoms with E-state index in [1.54, 1.807) is 20.8 Å². The van der Waals surface area contributed by atoms with Gasteiger partial charge in [0, 0.05) is 6.20 Å². The molecule has 1 rings (SSSR count). The van der Waals surface area contributed by atoms with Crippen molar-refractivity contribution in [3.05, 3.63) is 17.5 Å². The number of aryl methyl sites for hydroxylation is 1. The molecule has 1 heterocycles. The Balaban J connectivity index is 0.00000106. The van der Waals surface area contributed by atoms with Gasteiger partial charge in [-0.2, -0.15) is 5.10 Å². The molecule has 0 spiro atoms. The van der Waals surface area contributed by atoms with Crippen LogP contribution in [-0.2, 0) is 6.54 Å². The van der Waals surface area contributed by atoms with E-state index in [2.05, 4.69) is 5.10 Å². The van der Waals surface area contributed by atoms with Gasteiger partial charge in [-0.15, -0.1) is 0 Å². The quantitative estimate of drug-likeness (QED) is 0.873. The zero-order valence-corrected chi connectivity index (χ0v) is 10.5. The van der Waals surface area contributed by atoms with Crippen LogP contribution in [0, 0.1) is 6.92 Å². The van der Waals surface area contributed by atoms with Crippen molar-refractivity contribution in [2.75, 3.05) is 0 Å². The lowest BCUT2D eigenvalue weighted by Gasteiger charge is -2.16. The van der Waals surface area contributed by atoms with Crippen LogP contribution in [0.1, 0.15) is 45.4 Å². The Morgan fingerprint density at radius 1 is 1.44 bits per heavy atom. The lowest BCUT2D eigenvalue weighted by molar-refractivity contribution is 0.0567. The Bertz CT molecular complexity index is 316. The first-order chi connectivity index (χ1) is 7.29.